The average molecular weight is 1140 g/mol. The number of nitrogens with zero attached hydrogens (tertiary/aromatic N) is 7. The second kappa shape index (κ2) is 20.9. The Labute approximate surface area is 422 Å². The summed E-state index contributed by atoms with van der Waals surface area (Å²) in [7, 11) is -23.1. The Bertz CT molecular complexity index is 4080. The number of ether oxygens (including phenoxy) is 2. The fraction of sp³-hybridized carbons (Fsp3) is 0.103. The predicted molar refractivity (Wildman–Crippen MR) is 257 cm³/mol. The molecule has 0 spiro atoms. The van der Waals surface area contributed by atoms with Crippen molar-refractivity contribution in [3.05, 3.63) is 90.2 Å². The quantitative estimate of drug-likeness (QED) is 0.0178. The van der Waals surface area contributed by atoms with Crippen LogP contribution in [0.4, 0.5) is 46.0 Å². The lowest BCUT2D eigenvalue weighted by atomic mass is 10.1. The number of fused-ring (bicyclic) bond motifs is 2. The van der Waals surface area contributed by atoms with Gasteiger partial charge in [0.15, 0.2) is 11.5 Å². The molecule has 8 N–H and O–H groups in total. The zero-order valence-electron chi connectivity index (χ0n) is 36.9. The van der Waals surface area contributed by atoms with E-state index in [9.17, 15) is 66.0 Å². The molecular weight excluding hydrogens is 1110 g/mol. The number of aromatic hydroxyl groups is 2. The molecule has 74 heavy (non-hydrogen) atoms. The summed E-state index contributed by atoms with van der Waals surface area (Å²) in [5.41, 5.74) is -2.32. The molecule has 0 aliphatic heterocycles. The molecule has 6 aromatic carbocycles. The van der Waals surface area contributed by atoms with Gasteiger partial charge >= 0.3 is 10.4 Å². The standard InChI is InChI=1S/C39H32ClN9O20S5/c1-66-29-6-4-3-5-24(29)46-47-25-10-7-19-15-21(70(52,53)54)17-28(32(19)35(25)51)42-39-44-37(40)43-38(45-39)41-26-11-9-22-23(36(26)72(58,59)60)18-31(71(55,56)57)33(34(22)50)49-48-27-16-20(8-12-30(27)67-2)73(61,62)68-13-14-69-74(63,64)65/h3-12,15-18,50-51H,13-14H2,1-2H3,(H,52,53,54)(H,55,56,57)(H,58,59,60)(H,63,64,65)(H2,41,42,43,44,45). The summed E-state index contributed by atoms with van der Waals surface area (Å²) in [5.74, 6) is -2.77. The summed E-state index contributed by atoms with van der Waals surface area (Å²) in [5, 5.41) is 41.6. The Hall–Kier alpha value is -7.35. The van der Waals surface area contributed by atoms with E-state index in [1.165, 1.54) is 19.2 Å². The van der Waals surface area contributed by atoms with Crippen LogP contribution >= 0.6 is 11.6 Å². The summed E-state index contributed by atoms with van der Waals surface area (Å²) >= 11 is 6.23. The third-order valence-electron chi connectivity index (χ3n) is 9.76. The highest BCUT2D eigenvalue weighted by Crippen LogP contribution is 2.46. The fourth-order valence-corrected chi connectivity index (χ4v) is 10.1. The lowest BCUT2D eigenvalue weighted by molar-refractivity contribution is 0.205. The molecule has 0 radical (unpaired) electrons. The Morgan fingerprint density at radius 3 is 1.82 bits per heavy atom. The van der Waals surface area contributed by atoms with E-state index in [0.717, 1.165) is 49.6 Å². The van der Waals surface area contributed by atoms with Gasteiger partial charge in [-0.25, -0.2) is 4.18 Å². The first-order chi connectivity index (χ1) is 34.6. The SMILES string of the molecule is COc1ccccc1N=Nc1ccc2cc(S(=O)(=O)O)cc(Nc3nc(Cl)nc(Nc4ccc5c(O)c(N=Nc6cc(S(=O)(=O)OCCOS(=O)(=O)O)ccc6OC)c(S(=O)(=O)O)cc5c4S(=O)(=O)O)n3)c2c1O. The van der Waals surface area contributed by atoms with Gasteiger partial charge in [-0.15, -0.1) is 20.5 Å². The van der Waals surface area contributed by atoms with Crippen LogP contribution in [0.25, 0.3) is 21.5 Å². The third-order valence-corrected chi connectivity index (χ3v) is 14.4. The Morgan fingerprint density at radius 1 is 0.568 bits per heavy atom. The molecule has 7 rings (SSSR count). The summed E-state index contributed by atoms with van der Waals surface area (Å²) in [6.07, 6.45) is 0. The maximum atomic E-state index is 13.1. The van der Waals surface area contributed by atoms with E-state index in [2.05, 4.69) is 54.4 Å². The van der Waals surface area contributed by atoms with Crippen LogP contribution < -0.4 is 20.1 Å². The highest BCUT2D eigenvalue weighted by atomic mass is 35.5. The summed E-state index contributed by atoms with van der Waals surface area (Å²) in [6.45, 7) is -1.82. The second-order valence-electron chi connectivity index (χ2n) is 14.5. The number of anilines is 4. The maximum Gasteiger partial charge on any atom is 0.397 e. The van der Waals surface area contributed by atoms with E-state index < -0.39 is 140 Å². The molecule has 29 nitrogen and oxygen atoms in total. The smallest absolute Gasteiger partial charge is 0.397 e. The van der Waals surface area contributed by atoms with Crippen molar-refractivity contribution in [2.24, 2.45) is 20.5 Å². The zero-order valence-corrected chi connectivity index (χ0v) is 41.8. The minimum Gasteiger partial charge on any atom is -0.505 e. The van der Waals surface area contributed by atoms with Gasteiger partial charge in [0.2, 0.25) is 17.2 Å². The van der Waals surface area contributed by atoms with Gasteiger partial charge in [-0.2, -0.15) is 57.0 Å². The van der Waals surface area contributed by atoms with E-state index in [-0.39, 0.29) is 33.6 Å². The summed E-state index contributed by atoms with van der Waals surface area (Å²) in [4.78, 5) is 8.13. The molecule has 0 unspecified atom stereocenters. The number of nitrogens with one attached hydrogen (secondary N) is 2. The van der Waals surface area contributed by atoms with Crippen molar-refractivity contribution < 1.29 is 88.4 Å². The number of methoxy groups -OCH3 is 2. The third kappa shape index (κ3) is 12.3. The molecule has 0 amide bonds. The minimum absolute atomic E-state index is 0.0257. The number of aromatic nitrogens is 3. The van der Waals surface area contributed by atoms with E-state index in [4.69, 9.17) is 25.6 Å². The molecule has 7 aromatic rings. The monoisotopic (exact) mass is 1140 g/mol. The maximum absolute atomic E-state index is 13.1. The van der Waals surface area contributed by atoms with Crippen LogP contribution in [-0.2, 0) is 59.2 Å². The number of phenols is 2. The number of azo groups is 2. The van der Waals surface area contributed by atoms with Crippen molar-refractivity contribution in [1.82, 2.24) is 15.0 Å². The van der Waals surface area contributed by atoms with Gasteiger partial charge in [-0.1, -0.05) is 18.2 Å². The topological polar surface area (TPSA) is 441 Å². The van der Waals surface area contributed by atoms with Crippen LogP contribution in [0.2, 0.25) is 5.28 Å². The normalized spacial score (nSPS) is 12.7. The van der Waals surface area contributed by atoms with Gasteiger partial charge in [-0.3, -0.25) is 22.4 Å². The molecule has 390 valence electrons. The van der Waals surface area contributed by atoms with Gasteiger partial charge in [0, 0.05) is 16.2 Å². The van der Waals surface area contributed by atoms with Crippen LogP contribution in [-0.4, -0.2) is 113 Å². The molecule has 0 atom stereocenters. The molecule has 0 aliphatic carbocycles. The van der Waals surface area contributed by atoms with Crippen LogP contribution in [0.1, 0.15) is 0 Å². The Kier molecular flexibility index (Phi) is 15.4. The molecule has 1 heterocycles. The second-order valence-corrected chi connectivity index (χ2v) is 21.7. The van der Waals surface area contributed by atoms with E-state index in [0.29, 0.717) is 11.8 Å². The molecule has 0 bridgehead atoms. The number of benzene rings is 6. The molecule has 0 saturated carbocycles. The van der Waals surface area contributed by atoms with E-state index in [1.807, 2.05) is 0 Å². The molecule has 35 heteroatoms. The predicted octanol–water partition coefficient (Wildman–Crippen LogP) is 6.84. The van der Waals surface area contributed by atoms with Crippen molar-refractivity contribution in [3.8, 4) is 23.0 Å². The van der Waals surface area contributed by atoms with Gasteiger partial charge in [-0.05, 0) is 83.7 Å². The number of hydrogen-bond acceptors (Lipinski definition) is 25. The highest BCUT2D eigenvalue weighted by molar-refractivity contribution is 7.87. The van der Waals surface area contributed by atoms with Crippen LogP contribution in [0.5, 0.6) is 23.0 Å². The molecule has 1 aromatic heterocycles. The first kappa shape index (κ1) is 54.4. The van der Waals surface area contributed by atoms with Crippen molar-refractivity contribution in [1.29, 1.82) is 0 Å². The lowest BCUT2D eigenvalue weighted by Gasteiger charge is -2.16. The fourth-order valence-electron chi connectivity index (χ4n) is 6.68. The largest absolute Gasteiger partial charge is 0.505 e. The Morgan fingerprint density at radius 2 is 1.19 bits per heavy atom. The summed E-state index contributed by atoms with van der Waals surface area (Å²) < 4.78 is 182. The molecule has 0 saturated heterocycles. The van der Waals surface area contributed by atoms with Gasteiger partial charge in [0.25, 0.3) is 40.5 Å². The van der Waals surface area contributed by atoms with Crippen LogP contribution in [0.3, 0.4) is 0 Å². The van der Waals surface area contributed by atoms with Crippen LogP contribution in [0.15, 0.2) is 125 Å². The number of rotatable bonds is 19. The van der Waals surface area contributed by atoms with E-state index >= 15 is 0 Å². The van der Waals surface area contributed by atoms with Crippen molar-refractivity contribution >= 4 is 130 Å². The van der Waals surface area contributed by atoms with E-state index in [1.54, 1.807) is 24.3 Å². The van der Waals surface area contributed by atoms with Crippen LogP contribution in [0, 0.1) is 0 Å². The first-order valence-corrected chi connectivity index (χ1v) is 27.2. The molecule has 0 fully saturated rings. The zero-order chi connectivity index (χ0) is 54.1. The van der Waals surface area contributed by atoms with Crippen molar-refractivity contribution in [2.75, 3.05) is 38.1 Å². The lowest BCUT2D eigenvalue weighted by Crippen LogP contribution is -2.14. The molecular formula is C39H32ClN9O20S5. The number of para-hydroxylation sites is 1. The number of halogens is 1. The van der Waals surface area contributed by atoms with Gasteiger partial charge < -0.3 is 30.3 Å². The number of phenolic OH excluding ortho intramolecular Hbond substituents is 2. The average Bonchev–Trinajstić information content (AvgIpc) is 3.30. The highest BCUT2D eigenvalue weighted by Gasteiger charge is 2.29. The van der Waals surface area contributed by atoms with Gasteiger partial charge in [0.1, 0.15) is 44.0 Å². The number of hydrogen-bond donors (Lipinski definition) is 8. The molecule has 0 aliphatic rings. The minimum atomic E-state index is -5.53. The Balaban J connectivity index is 1.28. The van der Waals surface area contributed by atoms with Crippen molar-refractivity contribution in [3.63, 3.8) is 0 Å². The van der Waals surface area contributed by atoms with Crippen molar-refractivity contribution in [2.45, 2.75) is 19.6 Å². The van der Waals surface area contributed by atoms with Gasteiger partial charge in [0.05, 0.1) is 48.6 Å². The first-order valence-electron chi connectivity index (χ1n) is 19.7. The summed E-state index contributed by atoms with van der Waals surface area (Å²) in [6, 6.07) is 16.2.